The van der Waals surface area contributed by atoms with Crippen molar-refractivity contribution in [2.75, 3.05) is 0 Å². The molecule has 1 nitrogen and oxygen atoms in total. The maximum absolute atomic E-state index is 9.97. The van der Waals surface area contributed by atoms with Crippen LogP contribution in [-0.4, -0.2) is 19.3 Å². The second-order valence-electron chi connectivity index (χ2n) is 4.79. The van der Waals surface area contributed by atoms with Crippen molar-refractivity contribution in [2.24, 2.45) is 5.92 Å². The van der Waals surface area contributed by atoms with Crippen molar-refractivity contribution in [2.45, 2.75) is 46.5 Å². The van der Waals surface area contributed by atoms with Crippen LogP contribution in [0, 0.1) is 5.92 Å². The minimum atomic E-state index is -1.41. The lowest BCUT2D eigenvalue weighted by atomic mass is 10.1. The van der Waals surface area contributed by atoms with E-state index in [1.54, 1.807) is 0 Å². The molecule has 2 heteroatoms. The van der Waals surface area contributed by atoms with Crippen LogP contribution in [0.4, 0.5) is 0 Å². The Morgan fingerprint density at radius 3 is 2.00 bits per heavy atom. The lowest BCUT2D eigenvalue weighted by molar-refractivity contribution is 0.166. The van der Waals surface area contributed by atoms with Gasteiger partial charge < -0.3 is 5.11 Å². The first kappa shape index (κ1) is 12.7. The quantitative estimate of drug-likeness (QED) is 0.546. The molecule has 0 aliphatic rings. The van der Waals surface area contributed by atoms with Crippen LogP contribution >= 0.6 is 0 Å². The molecular weight excluding hydrogens is 176 g/mol. The van der Waals surface area contributed by atoms with Crippen molar-refractivity contribution in [1.29, 1.82) is 0 Å². The molecule has 0 saturated carbocycles. The second-order valence-corrected chi connectivity index (χ2v) is 9.82. The first-order valence-electron chi connectivity index (χ1n) is 4.90. The summed E-state index contributed by atoms with van der Waals surface area (Å²) in [4.78, 5) is 0. The zero-order valence-corrected chi connectivity index (χ0v) is 10.7. The Balaban J connectivity index is 4.97. The van der Waals surface area contributed by atoms with Crippen LogP contribution in [0.1, 0.15) is 20.8 Å². The van der Waals surface area contributed by atoms with E-state index in [2.05, 4.69) is 25.4 Å². The molecular formula is C11H22OSi. The molecule has 0 aromatic rings. The molecule has 0 amide bonds. The number of rotatable bonds is 3. The van der Waals surface area contributed by atoms with Gasteiger partial charge in [0.2, 0.25) is 0 Å². The Labute approximate surface area is 83.2 Å². The average molecular weight is 198 g/mol. The third kappa shape index (κ3) is 3.95. The Kier molecular flexibility index (Phi) is 4.69. The molecule has 0 bridgehead atoms. The first-order chi connectivity index (χ1) is 5.80. The van der Waals surface area contributed by atoms with Gasteiger partial charge in [0.05, 0.1) is 14.2 Å². The maximum Gasteiger partial charge on any atom is 0.0857 e. The van der Waals surface area contributed by atoms with Gasteiger partial charge in [-0.2, -0.15) is 0 Å². The van der Waals surface area contributed by atoms with E-state index < -0.39 is 8.07 Å². The smallest absolute Gasteiger partial charge is 0.0857 e. The summed E-state index contributed by atoms with van der Waals surface area (Å²) in [6, 6.07) is 0. The van der Waals surface area contributed by atoms with Gasteiger partial charge in [-0.1, -0.05) is 33.5 Å². The van der Waals surface area contributed by atoms with Crippen LogP contribution in [0.3, 0.4) is 0 Å². The predicted molar refractivity (Wildman–Crippen MR) is 61.5 cm³/mol. The molecule has 0 aliphatic carbocycles. The predicted octanol–water partition coefficient (Wildman–Crippen LogP) is 2.98. The van der Waals surface area contributed by atoms with Crippen molar-refractivity contribution in [3.8, 4) is 0 Å². The summed E-state index contributed by atoms with van der Waals surface area (Å²) in [5.41, 5.74) is 3.21. The highest BCUT2D eigenvalue weighted by molar-refractivity contribution is 6.83. The van der Waals surface area contributed by atoms with Crippen molar-refractivity contribution < 1.29 is 5.11 Å². The molecule has 0 saturated heterocycles. The Bertz CT molecular complexity index is 217. The summed E-state index contributed by atoms with van der Waals surface area (Å²) >= 11 is 0. The third-order valence-electron chi connectivity index (χ3n) is 2.04. The minimum absolute atomic E-state index is 0.286. The van der Waals surface area contributed by atoms with Gasteiger partial charge in [-0.3, -0.25) is 0 Å². The highest BCUT2D eigenvalue weighted by atomic mass is 28.3. The zero-order valence-electron chi connectivity index (χ0n) is 9.68. The molecule has 1 N–H and O–H groups in total. The van der Waals surface area contributed by atoms with E-state index in [1.165, 1.54) is 0 Å². The zero-order chi connectivity index (χ0) is 10.6. The summed E-state index contributed by atoms with van der Waals surface area (Å²) in [7, 11) is -1.41. The topological polar surface area (TPSA) is 20.2 Å². The van der Waals surface area contributed by atoms with Gasteiger partial charge in [-0.25, -0.2) is 0 Å². The Morgan fingerprint density at radius 2 is 1.77 bits per heavy atom. The molecule has 0 rings (SSSR count). The fourth-order valence-electron chi connectivity index (χ4n) is 1.23. The number of aliphatic hydroxyl groups is 1. The fourth-order valence-corrected chi connectivity index (χ4v) is 3.03. The molecule has 0 aliphatic heterocycles. The summed E-state index contributed by atoms with van der Waals surface area (Å²) < 4.78 is 0. The largest absolute Gasteiger partial charge is 0.388 e. The number of aliphatic hydroxyl groups excluding tert-OH is 1. The molecule has 0 aromatic carbocycles. The molecule has 0 heterocycles. The van der Waals surface area contributed by atoms with E-state index in [0.29, 0.717) is 0 Å². The van der Waals surface area contributed by atoms with Gasteiger partial charge in [-0.15, -0.1) is 5.73 Å². The summed E-state index contributed by atoms with van der Waals surface area (Å²) in [6.07, 6.45) is 1.59. The average Bonchev–Trinajstić information content (AvgIpc) is 1.96. The maximum atomic E-state index is 9.97. The molecule has 13 heavy (non-hydrogen) atoms. The van der Waals surface area contributed by atoms with E-state index in [0.717, 1.165) is 5.20 Å². The third-order valence-corrected chi connectivity index (χ3v) is 4.09. The van der Waals surface area contributed by atoms with Crippen LogP contribution < -0.4 is 0 Å². The highest BCUT2D eigenvalue weighted by Gasteiger charge is 2.27. The summed E-state index contributed by atoms with van der Waals surface area (Å²) in [5, 5.41) is 11.1. The standard InChI is InChI=1S/C11H22OSi/c1-7-8-10(13(4,5)6)11(12)9(2)3/h7,9,11-12H,1-6H3/t8?,11-/m0/s1. The molecule has 0 spiro atoms. The van der Waals surface area contributed by atoms with Crippen LogP contribution in [-0.2, 0) is 0 Å². The van der Waals surface area contributed by atoms with Crippen LogP contribution in [0.2, 0.25) is 19.6 Å². The lowest BCUT2D eigenvalue weighted by Crippen LogP contribution is -2.34. The van der Waals surface area contributed by atoms with Gasteiger partial charge in [0.1, 0.15) is 0 Å². The minimum Gasteiger partial charge on any atom is -0.388 e. The van der Waals surface area contributed by atoms with Gasteiger partial charge in [0.25, 0.3) is 0 Å². The number of hydrogen-bond acceptors (Lipinski definition) is 1. The highest BCUT2D eigenvalue weighted by Crippen LogP contribution is 2.21. The van der Waals surface area contributed by atoms with Crippen LogP contribution in [0.5, 0.6) is 0 Å². The van der Waals surface area contributed by atoms with E-state index in [9.17, 15) is 5.11 Å². The van der Waals surface area contributed by atoms with Gasteiger partial charge in [0, 0.05) is 0 Å². The first-order valence-corrected chi connectivity index (χ1v) is 8.40. The molecule has 0 fully saturated rings. The Morgan fingerprint density at radius 1 is 1.31 bits per heavy atom. The van der Waals surface area contributed by atoms with E-state index in [4.69, 9.17) is 0 Å². The molecule has 0 aromatic heterocycles. The SMILES string of the molecule is CC=C=C([C@@H](O)C(C)C)[Si](C)(C)C. The lowest BCUT2D eigenvalue weighted by Gasteiger charge is -2.26. The molecule has 76 valence electrons. The van der Waals surface area contributed by atoms with Crippen molar-refractivity contribution in [1.82, 2.24) is 0 Å². The second kappa shape index (κ2) is 4.80. The fraction of sp³-hybridized carbons (Fsp3) is 0.727. The van der Waals surface area contributed by atoms with Crippen molar-refractivity contribution in [3.05, 3.63) is 17.0 Å². The Hall–Kier alpha value is -0.303. The molecule has 0 unspecified atom stereocenters. The monoisotopic (exact) mass is 198 g/mol. The van der Waals surface area contributed by atoms with Gasteiger partial charge in [0.15, 0.2) is 0 Å². The van der Waals surface area contributed by atoms with Crippen molar-refractivity contribution in [3.63, 3.8) is 0 Å². The van der Waals surface area contributed by atoms with Crippen molar-refractivity contribution >= 4 is 8.07 Å². The normalized spacial score (nSPS) is 13.8. The molecule has 1 atom stereocenters. The van der Waals surface area contributed by atoms with Crippen LogP contribution in [0.25, 0.3) is 0 Å². The van der Waals surface area contributed by atoms with Crippen LogP contribution in [0.15, 0.2) is 17.0 Å². The summed E-state index contributed by atoms with van der Waals surface area (Å²) in [5.74, 6) is 0.286. The van der Waals surface area contributed by atoms with E-state index >= 15 is 0 Å². The van der Waals surface area contributed by atoms with Gasteiger partial charge in [-0.05, 0) is 24.1 Å². The van der Waals surface area contributed by atoms with E-state index in [1.807, 2.05) is 26.8 Å². The van der Waals surface area contributed by atoms with Gasteiger partial charge >= 0.3 is 0 Å². The summed E-state index contributed by atoms with van der Waals surface area (Å²) in [6.45, 7) is 12.8. The van der Waals surface area contributed by atoms with E-state index in [-0.39, 0.29) is 12.0 Å². The molecule has 0 radical (unpaired) electrons. The number of hydrogen-bond donors (Lipinski definition) is 1.